The molecule has 0 radical (unpaired) electrons. The third-order valence-electron chi connectivity index (χ3n) is 3.75. The van der Waals surface area contributed by atoms with Crippen LogP contribution in [0, 0.1) is 17.7 Å². The highest BCUT2D eigenvalue weighted by Gasteiger charge is 2.26. The van der Waals surface area contributed by atoms with E-state index in [2.05, 4.69) is 13.8 Å². The van der Waals surface area contributed by atoms with Crippen molar-refractivity contribution < 1.29 is 9.50 Å². The number of fused-ring (bicyclic) bond motifs is 1. The summed E-state index contributed by atoms with van der Waals surface area (Å²) < 4.78 is 13.6. The smallest absolute Gasteiger partial charge is 0.126 e. The zero-order valence-corrected chi connectivity index (χ0v) is 9.91. The second-order valence-corrected chi connectivity index (χ2v) is 5.10. The van der Waals surface area contributed by atoms with Crippen molar-refractivity contribution >= 4 is 0 Å². The molecule has 16 heavy (non-hydrogen) atoms. The molecule has 2 heteroatoms. The first kappa shape index (κ1) is 11.6. The number of halogens is 1. The van der Waals surface area contributed by atoms with E-state index in [-0.39, 0.29) is 5.82 Å². The lowest BCUT2D eigenvalue weighted by atomic mass is 9.88. The van der Waals surface area contributed by atoms with Gasteiger partial charge in [0, 0.05) is 0 Å². The second kappa shape index (κ2) is 4.54. The molecule has 1 nitrogen and oxygen atoms in total. The van der Waals surface area contributed by atoms with Gasteiger partial charge < -0.3 is 5.11 Å². The summed E-state index contributed by atoms with van der Waals surface area (Å²) in [6.45, 7) is 4.34. The maximum absolute atomic E-state index is 13.6. The summed E-state index contributed by atoms with van der Waals surface area (Å²) in [5.74, 6) is 0.870. The number of aliphatic hydroxyl groups is 1. The van der Waals surface area contributed by atoms with E-state index in [0.29, 0.717) is 11.8 Å². The Morgan fingerprint density at radius 3 is 2.81 bits per heavy atom. The van der Waals surface area contributed by atoms with E-state index in [4.69, 9.17) is 0 Å². The molecular weight excluding hydrogens is 203 g/mol. The molecule has 1 N–H and O–H groups in total. The van der Waals surface area contributed by atoms with Crippen LogP contribution >= 0.6 is 0 Å². The highest BCUT2D eigenvalue weighted by Crippen LogP contribution is 2.35. The summed E-state index contributed by atoms with van der Waals surface area (Å²) in [6.07, 6.45) is 1.99. The minimum atomic E-state index is -0.499. The minimum absolute atomic E-state index is 0.166. The maximum Gasteiger partial charge on any atom is 0.126 e. The number of hydrogen-bond acceptors (Lipinski definition) is 1. The lowest BCUT2D eigenvalue weighted by Crippen LogP contribution is -2.11. The first-order valence-electron chi connectivity index (χ1n) is 6.05. The van der Waals surface area contributed by atoms with Gasteiger partial charge in [0.1, 0.15) is 5.82 Å². The number of hydrogen-bond donors (Lipinski definition) is 1. The Hall–Kier alpha value is -0.890. The van der Waals surface area contributed by atoms with Crippen LogP contribution in [0.15, 0.2) is 18.2 Å². The average molecular weight is 222 g/mol. The van der Waals surface area contributed by atoms with Crippen molar-refractivity contribution in [3.8, 4) is 0 Å². The Bertz CT molecular complexity index is 373. The monoisotopic (exact) mass is 222 g/mol. The normalized spacial score (nSPS) is 25.3. The highest BCUT2D eigenvalue weighted by molar-refractivity contribution is 5.31. The molecule has 0 spiro atoms. The average Bonchev–Trinajstić information content (AvgIpc) is 2.40. The number of rotatable bonds is 1. The molecule has 1 aromatic rings. The first-order chi connectivity index (χ1) is 7.59. The quantitative estimate of drug-likeness (QED) is 0.721. The molecule has 1 aliphatic rings. The van der Waals surface area contributed by atoms with Crippen LogP contribution < -0.4 is 0 Å². The molecule has 88 valence electrons. The summed E-state index contributed by atoms with van der Waals surface area (Å²) in [7, 11) is 0. The Labute approximate surface area is 96.3 Å². The minimum Gasteiger partial charge on any atom is -0.388 e. The lowest BCUT2D eigenvalue weighted by Gasteiger charge is -2.20. The molecule has 0 aliphatic heterocycles. The molecule has 0 unspecified atom stereocenters. The molecule has 0 aromatic heterocycles. The van der Waals surface area contributed by atoms with Crippen molar-refractivity contribution in [1.82, 2.24) is 0 Å². The molecule has 0 fully saturated rings. The maximum atomic E-state index is 13.6. The lowest BCUT2D eigenvalue weighted by molar-refractivity contribution is 0.132. The first-order valence-corrected chi connectivity index (χ1v) is 6.05. The summed E-state index contributed by atoms with van der Waals surface area (Å²) in [5, 5.41) is 10.1. The fourth-order valence-electron chi connectivity index (χ4n) is 2.62. The fraction of sp³-hybridized carbons (Fsp3) is 0.571. The largest absolute Gasteiger partial charge is 0.388 e. The van der Waals surface area contributed by atoms with Crippen molar-refractivity contribution in [1.29, 1.82) is 0 Å². The summed E-state index contributed by atoms with van der Waals surface area (Å²) in [5.41, 5.74) is 1.52. The van der Waals surface area contributed by atoms with Gasteiger partial charge in [0.2, 0.25) is 0 Å². The van der Waals surface area contributed by atoms with Gasteiger partial charge in [-0.1, -0.05) is 26.0 Å². The summed E-state index contributed by atoms with van der Waals surface area (Å²) in [4.78, 5) is 0. The van der Waals surface area contributed by atoms with E-state index < -0.39 is 6.10 Å². The van der Waals surface area contributed by atoms with Crippen LogP contribution in [0.5, 0.6) is 0 Å². The van der Waals surface area contributed by atoms with Crippen LogP contribution in [-0.4, -0.2) is 5.11 Å². The third kappa shape index (κ3) is 2.12. The molecule has 2 atom stereocenters. The van der Waals surface area contributed by atoms with Crippen LogP contribution in [0.25, 0.3) is 0 Å². The predicted molar refractivity (Wildman–Crippen MR) is 62.6 cm³/mol. The standard InChI is InChI=1S/C14H19FO/c1-9(2)10-6-7-11-12(14(16)8-10)4-3-5-13(11)15/h3-5,9-10,14,16H,6-8H2,1-2H3/t10-,14-/m1/s1. The van der Waals surface area contributed by atoms with Crippen molar-refractivity contribution in [2.45, 2.75) is 39.2 Å². The van der Waals surface area contributed by atoms with E-state index in [1.807, 2.05) is 6.07 Å². The van der Waals surface area contributed by atoms with E-state index in [1.54, 1.807) is 6.07 Å². The molecule has 0 heterocycles. The molecule has 2 rings (SSSR count). The van der Waals surface area contributed by atoms with Gasteiger partial charge in [-0.05, 0) is 48.3 Å². The van der Waals surface area contributed by atoms with E-state index >= 15 is 0 Å². The number of aliphatic hydroxyl groups excluding tert-OH is 1. The topological polar surface area (TPSA) is 20.2 Å². The third-order valence-corrected chi connectivity index (χ3v) is 3.75. The Morgan fingerprint density at radius 2 is 2.12 bits per heavy atom. The van der Waals surface area contributed by atoms with E-state index in [1.165, 1.54) is 6.07 Å². The van der Waals surface area contributed by atoms with Crippen LogP contribution in [0.1, 0.15) is 43.9 Å². The second-order valence-electron chi connectivity index (χ2n) is 5.10. The molecule has 1 aliphatic carbocycles. The zero-order valence-electron chi connectivity index (χ0n) is 9.91. The van der Waals surface area contributed by atoms with E-state index in [9.17, 15) is 9.50 Å². The van der Waals surface area contributed by atoms with Gasteiger partial charge in [0.05, 0.1) is 6.10 Å². The van der Waals surface area contributed by atoms with Gasteiger partial charge in [-0.3, -0.25) is 0 Å². The molecule has 0 saturated carbocycles. The van der Waals surface area contributed by atoms with Gasteiger partial charge in [-0.2, -0.15) is 0 Å². The Balaban J connectivity index is 2.32. The van der Waals surface area contributed by atoms with Gasteiger partial charge in [-0.25, -0.2) is 4.39 Å². The molecule has 1 aromatic carbocycles. The van der Waals surface area contributed by atoms with Gasteiger partial charge in [-0.15, -0.1) is 0 Å². The van der Waals surface area contributed by atoms with Crippen LogP contribution in [0.2, 0.25) is 0 Å². The summed E-state index contributed by atoms with van der Waals surface area (Å²) >= 11 is 0. The molecule has 0 saturated heterocycles. The molecular formula is C14H19FO. The van der Waals surface area contributed by atoms with Crippen LogP contribution in [0.3, 0.4) is 0 Å². The van der Waals surface area contributed by atoms with Crippen molar-refractivity contribution in [3.05, 3.63) is 35.1 Å². The van der Waals surface area contributed by atoms with Gasteiger partial charge >= 0.3 is 0 Å². The van der Waals surface area contributed by atoms with Crippen molar-refractivity contribution in [2.24, 2.45) is 11.8 Å². The Kier molecular flexibility index (Phi) is 3.29. The van der Waals surface area contributed by atoms with Gasteiger partial charge in [0.25, 0.3) is 0 Å². The fourth-order valence-corrected chi connectivity index (χ4v) is 2.62. The summed E-state index contributed by atoms with van der Waals surface area (Å²) in [6, 6.07) is 5.03. The van der Waals surface area contributed by atoms with Crippen LogP contribution in [0.4, 0.5) is 4.39 Å². The number of benzene rings is 1. The molecule has 0 amide bonds. The zero-order chi connectivity index (χ0) is 11.7. The van der Waals surface area contributed by atoms with Gasteiger partial charge in [0.15, 0.2) is 0 Å². The Morgan fingerprint density at radius 1 is 1.38 bits per heavy atom. The van der Waals surface area contributed by atoms with Crippen LogP contribution in [-0.2, 0) is 6.42 Å². The molecule has 0 bridgehead atoms. The van der Waals surface area contributed by atoms with Crippen molar-refractivity contribution in [3.63, 3.8) is 0 Å². The van der Waals surface area contributed by atoms with Crippen molar-refractivity contribution in [2.75, 3.05) is 0 Å². The highest BCUT2D eigenvalue weighted by atomic mass is 19.1. The van der Waals surface area contributed by atoms with E-state index in [0.717, 1.165) is 30.4 Å². The SMILES string of the molecule is CC(C)[C@@H]1CCc2c(F)cccc2[C@H](O)C1. The predicted octanol–water partition coefficient (Wildman–Crippen LogP) is 3.47.